The average Bonchev–Trinajstić information content (AvgIpc) is 2.27. The van der Waals surface area contributed by atoms with Gasteiger partial charge in [-0.25, -0.2) is 4.79 Å². The summed E-state index contributed by atoms with van der Waals surface area (Å²) in [5.74, 6) is -1.23. The number of nitrogens with zero attached hydrogens (tertiary/aromatic N) is 2. The van der Waals surface area contributed by atoms with E-state index >= 15 is 0 Å². The number of aromatic carboxylic acids is 1. The van der Waals surface area contributed by atoms with E-state index in [1.165, 1.54) is 18.3 Å². The minimum Gasteiger partial charge on any atom is -0.478 e. The molecule has 0 fully saturated rings. The standard InChI is InChI=1S/C10H6N2O4/c13-10(14)7-5-11-4-6-2-1-3-8(9(6)7)12(15)16/h1-5H,(H,13,14). The van der Waals surface area contributed by atoms with Crippen LogP contribution in [-0.4, -0.2) is 21.0 Å². The maximum Gasteiger partial charge on any atom is 0.338 e. The maximum absolute atomic E-state index is 10.9. The molecule has 16 heavy (non-hydrogen) atoms. The molecule has 0 spiro atoms. The molecule has 0 aliphatic rings. The number of nitro groups is 1. The van der Waals surface area contributed by atoms with Crippen molar-refractivity contribution in [2.75, 3.05) is 0 Å². The number of non-ortho nitro benzene ring substituents is 1. The van der Waals surface area contributed by atoms with Crippen LogP contribution >= 0.6 is 0 Å². The van der Waals surface area contributed by atoms with Gasteiger partial charge >= 0.3 is 5.97 Å². The summed E-state index contributed by atoms with van der Waals surface area (Å²) in [6.07, 6.45) is 2.51. The van der Waals surface area contributed by atoms with Crippen LogP contribution in [0.25, 0.3) is 10.8 Å². The van der Waals surface area contributed by atoms with Crippen molar-refractivity contribution in [1.29, 1.82) is 0 Å². The minimum absolute atomic E-state index is 0.106. The van der Waals surface area contributed by atoms with Gasteiger partial charge in [-0.3, -0.25) is 15.1 Å². The highest BCUT2D eigenvalue weighted by Gasteiger charge is 2.18. The highest BCUT2D eigenvalue weighted by molar-refractivity contribution is 6.07. The molecule has 1 N–H and O–H groups in total. The summed E-state index contributed by atoms with van der Waals surface area (Å²) in [5.41, 5.74) is -0.387. The van der Waals surface area contributed by atoms with E-state index in [1.807, 2.05) is 0 Å². The Bertz CT molecular complexity index is 546. The molecule has 0 amide bonds. The van der Waals surface area contributed by atoms with Crippen LogP contribution in [0.4, 0.5) is 5.69 Å². The monoisotopic (exact) mass is 218 g/mol. The normalized spacial score (nSPS) is 10.2. The number of fused-ring (bicyclic) bond motifs is 1. The zero-order valence-corrected chi connectivity index (χ0v) is 7.95. The third-order valence-electron chi connectivity index (χ3n) is 2.19. The van der Waals surface area contributed by atoms with Crippen LogP contribution in [0, 0.1) is 10.1 Å². The van der Waals surface area contributed by atoms with Crippen molar-refractivity contribution in [2.45, 2.75) is 0 Å². The lowest BCUT2D eigenvalue weighted by molar-refractivity contribution is -0.383. The number of nitro benzene ring substituents is 1. The van der Waals surface area contributed by atoms with E-state index in [-0.39, 0.29) is 16.6 Å². The molecule has 6 heteroatoms. The quantitative estimate of drug-likeness (QED) is 0.613. The lowest BCUT2D eigenvalue weighted by atomic mass is 10.1. The van der Waals surface area contributed by atoms with Crippen LogP contribution in [0.15, 0.2) is 30.6 Å². The molecule has 0 radical (unpaired) electrons. The molecule has 1 heterocycles. The fourth-order valence-corrected chi connectivity index (χ4v) is 1.53. The first-order valence-corrected chi connectivity index (χ1v) is 4.35. The third-order valence-corrected chi connectivity index (χ3v) is 2.19. The molecule has 0 aliphatic heterocycles. The molecule has 6 nitrogen and oxygen atoms in total. The third kappa shape index (κ3) is 1.46. The number of hydrogen-bond acceptors (Lipinski definition) is 4. The van der Waals surface area contributed by atoms with Gasteiger partial charge in [-0.1, -0.05) is 12.1 Å². The summed E-state index contributed by atoms with van der Waals surface area (Å²) in [7, 11) is 0. The van der Waals surface area contributed by atoms with Gasteiger partial charge in [0.05, 0.1) is 15.9 Å². The Hall–Kier alpha value is -2.50. The van der Waals surface area contributed by atoms with Gasteiger partial charge in [-0.2, -0.15) is 0 Å². The number of aromatic nitrogens is 1. The molecule has 0 saturated carbocycles. The molecular formula is C10H6N2O4. The Kier molecular flexibility index (Phi) is 2.24. The first-order valence-electron chi connectivity index (χ1n) is 4.35. The minimum atomic E-state index is -1.23. The molecule has 0 saturated heterocycles. The number of rotatable bonds is 2. The molecule has 2 aromatic rings. The van der Waals surface area contributed by atoms with Crippen LogP contribution in [0.3, 0.4) is 0 Å². The fourth-order valence-electron chi connectivity index (χ4n) is 1.53. The summed E-state index contributed by atoms with van der Waals surface area (Å²) >= 11 is 0. The van der Waals surface area contributed by atoms with Crippen LogP contribution in [-0.2, 0) is 0 Å². The number of carbonyl (C=O) groups is 1. The Balaban J connectivity index is 2.92. The lowest BCUT2D eigenvalue weighted by Gasteiger charge is -2.02. The predicted molar refractivity (Wildman–Crippen MR) is 55.4 cm³/mol. The van der Waals surface area contributed by atoms with E-state index in [2.05, 4.69) is 4.98 Å². The first kappa shape index (κ1) is 10.0. The summed E-state index contributed by atoms with van der Waals surface area (Å²) in [6, 6.07) is 4.35. The van der Waals surface area contributed by atoms with Crippen molar-refractivity contribution in [3.8, 4) is 0 Å². The smallest absolute Gasteiger partial charge is 0.338 e. The number of carboxylic acids is 1. The zero-order valence-electron chi connectivity index (χ0n) is 7.95. The second-order valence-electron chi connectivity index (χ2n) is 3.12. The van der Waals surface area contributed by atoms with Crippen LogP contribution in [0.1, 0.15) is 10.4 Å². The van der Waals surface area contributed by atoms with Crippen molar-refractivity contribution < 1.29 is 14.8 Å². The fraction of sp³-hybridized carbons (Fsp3) is 0. The summed E-state index contributed by atoms with van der Waals surface area (Å²) in [6.45, 7) is 0. The summed E-state index contributed by atoms with van der Waals surface area (Å²) in [4.78, 5) is 24.8. The molecule has 80 valence electrons. The molecule has 0 atom stereocenters. The van der Waals surface area contributed by atoms with Gasteiger partial charge in [0.15, 0.2) is 0 Å². The number of pyridine rings is 1. The average molecular weight is 218 g/mol. The lowest BCUT2D eigenvalue weighted by Crippen LogP contribution is -2.01. The van der Waals surface area contributed by atoms with Crippen molar-refractivity contribution in [1.82, 2.24) is 4.98 Å². The van der Waals surface area contributed by atoms with E-state index in [1.54, 1.807) is 6.07 Å². The van der Waals surface area contributed by atoms with Crippen molar-refractivity contribution in [2.24, 2.45) is 0 Å². The molecular weight excluding hydrogens is 212 g/mol. The summed E-state index contributed by atoms with van der Waals surface area (Å²) in [5, 5.41) is 20.3. The van der Waals surface area contributed by atoms with E-state index in [0.717, 1.165) is 6.20 Å². The second-order valence-corrected chi connectivity index (χ2v) is 3.12. The van der Waals surface area contributed by atoms with Gasteiger partial charge in [-0.05, 0) is 0 Å². The van der Waals surface area contributed by atoms with E-state index in [9.17, 15) is 14.9 Å². The van der Waals surface area contributed by atoms with Crippen molar-refractivity contribution >= 4 is 22.4 Å². The van der Waals surface area contributed by atoms with E-state index < -0.39 is 10.9 Å². The number of carboxylic acid groups (broad SMARTS) is 1. The molecule has 0 bridgehead atoms. The predicted octanol–water partition coefficient (Wildman–Crippen LogP) is 1.84. The van der Waals surface area contributed by atoms with Gasteiger partial charge in [0, 0.05) is 23.8 Å². The van der Waals surface area contributed by atoms with Crippen LogP contribution < -0.4 is 0 Å². The van der Waals surface area contributed by atoms with Crippen molar-refractivity contribution in [3.05, 3.63) is 46.3 Å². The Morgan fingerprint density at radius 1 is 1.38 bits per heavy atom. The van der Waals surface area contributed by atoms with Gasteiger partial charge < -0.3 is 5.11 Å². The second kappa shape index (κ2) is 3.58. The summed E-state index contributed by atoms with van der Waals surface area (Å²) < 4.78 is 0. The maximum atomic E-state index is 10.9. The number of benzene rings is 1. The Morgan fingerprint density at radius 3 is 2.75 bits per heavy atom. The topological polar surface area (TPSA) is 93.3 Å². The van der Waals surface area contributed by atoms with E-state index in [4.69, 9.17) is 5.11 Å². The highest BCUT2D eigenvalue weighted by Crippen LogP contribution is 2.27. The molecule has 0 aliphatic carbocycles. The zero-order chi connectivity index (χ0) is 11.7. The van der Waals surface area contributed by atoms with Crippen LogP contribution in [0.5, 0.6) is 0 Å². The van der Waals surface area contributed by atoms with Gasteiger partial charge in [-0.15, -0.1) is 0 Å². The number of hydrogen-bond donors (Lipinski definition) is 1. The molecule has 1 aromatic carbocycles. The van der Waals surface area contributed by atoms with Gasteiger partial charge in [0.25, 0.3) is 5.69 Å². The first-order chi connectivity index (χ1) is 7.61. The highest BCUT2D eigenvalue weighted by atomic mass is 16.6. The Morgan fingerprint density at radius 2 is 2.12 bits per heavy atom. The van der Waals surface area contributed by atoms with Crippen molar-refractivity contribution in [3.63, 3.8) is 0 Å². The van der Waals surface area contributed by atoms with E-state index in [0.29, 0.717) is 5.39 Å². The van der Waals surface area contributed by atoms with Crippen LogP contribution in [0.2, 0.25) is 0 Å². The largest absolute Gasteiger partial charge is 0.478 e. The molecule has 1 aromatic heterocycles. The van der Waals surface area contributed by atoms with Gasteiger partial charge in [0.2, 0.25) is 0 Å². The molecule has 0 unspecified atom stereocenters. The molecule has 2 rings (SSSR count). The SMILES string of the molecule is O=C(O)c1cncc2cccc([N+](=O)[O-])c12. The Labute approximate surface area is 89.3 Å². The van der Waals surface area contributed by atoms with Gasteiger partial charge in [0.1, 0.15) is 0 Å².